The zero-order valence-electron chi connectivity index (χ0n) is 15.5. The first kappa shape index (κ1) is 19.2. The van der Waals surface area contributed by atoms with Crippen molar-refractivity contribution < 1.29 is 19.1 Å². The van der Waals surface area contributed by atoms with Crippen molar-refractivity contribution in [3.8, 4) is 11.5 Å². The molecule has 1 unspecified atom stereocenters. The van der Waals surface area contributed by atoms with E-state index in [4.69, 9.17) is 9.47 Å². The summed E-state index contributed by atoms with van der Waals surface area (Å²) in [7, 11) is 0. The Labute approximate surface area is 163 Å². The predicted octanol–water partition coefficient (Wildman–Crippen LogP) is 4.34. The van der Waals surface area contributed by atoms with E-state index >= 15 is 0 Å². The highest BCUT2D eigenvalue weighted by molar-refractivity contribution is 5.96. The molecule has 0 aliphatic carbocycles. The number of amides is 1. The quantitative estimate of drug-likeness (QED) is 0.624. The Hall–Kier alpha value is -3.60. The summed E-state index contributed by atoms with van der Waals surface area (Å²) in [5.74, 6) is 0.504. The van der Waals surface area contributed by atoms with Crippen LogP contribution >= 0.6 is 0 Å². The number of carbonyl (C=O) groups excluding carboxylic acids is 2. The summed E-state index contributed by atoms with van der Waals surface area (Å²) in [4.78, 5) is 24.4. The largest absolute Gasteiger partial charge is 0.459 e. The molecule has 0 bridgehead atoms. The number of rotatable bonds is 7. The van der Waals surface area contributed by atoms with Gasteiger partial charge in [-0.1, -0.05) is 48.5 Å². The minimum atomic E-state index is -0.753. The van der Waals surface area contributed by atoms with Gasteiger partial charge in [-0.2, -0.15) is 0 Å². The predicted molar refractivity (Wildman–Crippen MR) is 106 cm³/mol. The summed E-state index contributed by atoms with van der Waals surface area (Å²) >= 11 is 0. The van der Waals surface area contributed by atoms with Gasteiger partial charge >= 0.3 is 5.97 Å². The molecule has 0 saturated heterocycles. The first-order valence-corrected chi connectivity index (χ1v) is 8.96. The Morgan fingerprint density at radius 3 is 2.04 bits per heavy atom. The van der Waals surface area contributed by atoms with Crippen molar-refractivity contribution in [2.24, 2.45) is 0 Å². The van der Waals surface area contributed by atoms with Gasteiger partial charge in [-0.15, -0.1) is 0 Å². The Balaban J connectivity index is 1.51. The summed E-state index contributed by atoms with van der Waals surface area (Å²) in [6, 6.07) is 24.7. The molecule has 0 aromatic heterocycles. The van der Waals surface area contributed by atoms with Crippen LogP contribution in [0.3, 0.4) is 0 Å². The lowest BCUT2D eigenvalue weighted by atomic mass is 10.2. The molecule has 1 atom stereocenters. The van der Waals surface area contributed by atoms with E-state index in [1.54, 1.807) is 31.2 Å². The highest BCUT2D eigenvalue weighted by Crippen LogP contribution is 2.21. The van der Waals surface area contributed by atoms with Gasteiger partial charge in [-0.05, 0) is 48.9 Å². The van der Waals surface area contributed by atoms with Crippen LogP contribution in [0, 0.1) is 0 Å². The normalized spacial score (nSPS) is 11.3. The lowest BCUT2D eigenvalue weighted by Crippen LogP contribution is -2.39. The first-order valence-electron chi connectivity index (χ1n) is 8.96. The molecule has 142 valence electrons. The topological polar surface area (TPSA) is 64.6 Å². The molecule has 1 N–H and O–H groups in total. The molecule has 5 heteroatoms. The lowest BCUT2D eigenvalue weighted by Gasteiger charge is -2.14. The summed E-state index contributed by atoms with van der Waals surface area (Å²) in [6.07, 6.45) is 0. The van der Waals surface area contributed by atoms with Crippen LogP contribution in [0.5, 0.6) is 11.5 Å². The van der Waals surface area contributed by atoms with Crippen LogP contribution in [-0.4, -0.2) is 17.9 Å². The van der Waals surface area contributed by atoms with E-state index in [1.165, 1.54) is 0 Å². The number of carbonyl (C=O) groups is 2. The van der Waals surface area contributed by atoms with E-state index in [1.807, 2.05) is 60.7 Å². The fraction of sp³-hybridized carbons (Fsp3) is 0.130. The molecule has 1 amide bonds. The molecule has 3 aromatic carbocycles. The minimum Gasteiger partial charge on any atom is -0.459 e. The lowest BCUT2D eigenvalue weighted by molar-refractivity contribution is -0.146. The Morgan fingerprint density at radius 1 is 0.821 bits per heavy atom. The maximum atomic E-state index is 12.3. The molecule has 5 nitrogen and oxygen atoms in total. The van der Waals surface area contributed by atoms with Gasteiger partial charge in [0.15, 0.2) is 0 Å². The number of esters is 1. The average Bonchev–Trinajstić information content (AvgIpc) is 2.74. The van der Waals surface area contributed by atoms with Gasteiger partial charge in [0.2, 0.25) is 0 Å². The van der Waals surface area contributed by atoms with Crippen LogP contribution in [0.25, 0.3) is 0 Å². The van der Waals surface area contributed by atoms with Crippen molar-refractivity contribution in [2.45, 2.75) is 19.6 Å². The Bertz CT molecular complexity index is 908. The molecule has 3 aromatic rings. The SMILES string of the molecule is CC(NC(=O)c1ccc(Oc2ccccc2)cc1)C(=O)OCc1ccccc1. The van der Waals surface area contributed by atoms with Gasteiger partial charge in [0.1, 0.15) is 24.1 Å². The van der Waals surface area contributed by atoms with Gasteiger partial charge < -0.3 is 14.8 Å². The summed E-state index contributed by atoms with van der Waals surface area (Å²) in [5, 5.41) is 2.65. The average molecular weight is 375 g/mol. The number of nitrogens with one attached hydrogen (secondary N) is 1. The summed E-state index contributed by atoms with van der Waals surface area (Å²) < 4.78 is 10.9. The van der Waals surface area contributed by atoms with E-state index in [9.17, 15) is 9.59 Å². The van der Waals surface area contributed by atoms with Gasteiger partial charge in [0, 0.05) is 5.56 Å². The fourth-order valence-corrected chi connectivity index (χ4v) is 2.49. The summed E-state index contributed by atoms with van der Waals surface area (Å²) in [5.41, 5.74) is 1.33. The highest BCUT2D eigenvalue weighted by atomic mass is 16.5. The van der Waals surface area contributed by atoms with Gasteiger partial charge in [0.25, 0.3) is 5.91 Å². The first-order chi connectivity index (χ1) is 13.6. The number of para-hydroxylation sites is 1. The third-order valence-corrected chi connectivity index (χ3v) is 4.02. The van der Waals surface area contributed by atoms with Crippen LogP contribution in [0.2, 0.25) is 0 Å². The summed E-state index contributed by atoms with van der Waals surface area (Å²) in [6.45, 7) is 1.77. The molecule has 0 fully saturated rings. The van der Waals surface area contributed by atoms with Crippen LogP contribution in [0.15, 0.2) is 84.9 Å². The Kier molecular flexibility index (Phi) is 6.41. The maximum Gasteiger partial charge on any atom is 0.328 e. The Morgan fingerprint density at radius 2 is 1.39 bits per heavy atom. The maximum absolute atomic E-state index is 12.3. The van der Waals surface area contributed by atoms with E-state index in [0.29, 0.717) is 11.3 Å². The second kappa shape index (κ2) is 9.37. The van der Waals surface area contributed by atoms with E-state index < -0.39 is 12.0 Å². The minimum absolute atomic E-state index is 0.172. The van der Waals surface area contributed by atoms with E-state index in [0.717, 1.165) is 11.3 Å². The zero-order valence-corrected chi connectivity index (χ0v) is 15.5. The number of ether oxygens (including phenoxy) is 2. The number of benzene rings is 3. The van der Waals surface area contributed by atoms with Crippen molar-refractivity contribution in [1.29, 1.82) is 0 Å². The highest BCUT2D eigenvalue weighted by Gasteiger charge is 2.18. The van der Waals surface area contributed by atoms with Crippen LogP contribution in [-0.2, 0) is 16.1 Å². The van der Waals surface area contributed by atoms with Crippen molar-refractivity contribution in [3.05, 3.63) is 96.1 Å². The van der Waals surface area contributed by atoms with Crippen LogP contribution in [0.1, 0.15) is 22.8 Å². The molecule has 0 aliphatic rings. The van der Waals surface area contributed by atoms with E-state index in [2.05, 4.69) is 5.32 Å². The second-order valence-corrected chi connectivity index (χ2v) is 6.23. The second-order valence-electron chi connectivity index (χ2n) is 6.23. The van der Waals surface area contributed by atoms with Crippen molar-refractivity contribution in [2.75, 3.05) is 0 Å². The number of hydrogen-bond donors (Lipinski definition) is 1. The van der Waals surface area contributed by atoms with Crippen molar-refractivity contribution in [3.63, 3.8) is 0 Å². The van der Waals surface area contributed by atoms with Crippen LogP contribution < -0.4 is 10.1 Å². The molecule has 0 radical (unpaired) electrons. The zero-order chi connectivity index (χ0) is 19.8. The molecule has 0 spiro atoms. The third kappa shape index (κ3) is 5.45. The molecule has 3 rings (SSSR count). The third-order valence-electron chi connectivity index (χ3n) is 4.02. The molecular weight excluding hydrogens is 354 g/mol. The molecular formula is C23H21NO4. The standard InChI is InChI=1S/C23H21NO4/c1-17(23(26)27-16-18-8-4-2-5-9-18)24-22(25)19-12-14-21(15-13-19)28-20-10-6-3-7-11-20/h2-15,17H,16H2,1H3,(H,24,25). The van der Waals surface area contributed by atoms with Gasteiger partial charge in [-0.3, -0.25) is 4.79 Å². The van der Waals surface area contributed by atoms with E-state index in [-0.39, 0.29) is 12.5 Å². The van der Waals surface area contributed by atoms with Crippen LogP contribution in [0.4, 0.5) is 0 Å². The van der Waals surface area contributed by atoms with Gasteiger partial charge in [0.05, 0.1) is 0 Å². The number of hydrogen-bond acceptors (Lipinski definition) is 4. The molecule has 0 saturated carbocycles. The van der Waals surface area contributed by atoms with Crippen molar-refractivity contribution in [1.82, 2.24) is 5.32 Å². The molecule has 0 heterocycles. The molecule has 0 aliphatic heterocycles. The molecule has 28 heavy (non-hydrogen) atoms. The monoisotopic (exact) mass is 375 g/mol. The van der Waals surface area contributed by atoms with Crippen molar-refractivity contribution >= 4 is 11.9 Å². The fourth-order valence-electron chi connectivity index (χ4n) is 2.49. The van der Waals surface area contributed by atoms with Gasteiger partial charge in [-0.25, -0.2) is 4.79 Å². The smallest absolute Gasteiger partial charge is 0.328 e.